The molecule has 2 aromatic rings. The van der Waals surface area contributed by atoms with E-state index in [1.165, 1.54) is 4.31 Å². The van der Waals surface area contributed by atoms with E-state index >= 15 is 0 Å². The quantitative estimate of drug-likeness (QED) is 0.676. The second-order valence-corrected chi connectivity index (χ2v) is 5.80. The van der Waals surface area contributed by atoms with E-state index in [0.29, 0.717) is 13.1 Å². The molecule has 1 aliphatic heterocycles. The molecule has 0 atom stereocenters. The summed E-state index contributed by atoms with van der Waals surface area (Å²) in [6.07, 6.45) is 0. The Labute approximate surface area is 93.4 Å². The molecule has 3 rings (SSSR count). The fourth-order valence-electron chi connectivity index (χ4n) is 1.97. The molecule has 0 aliphatic carbocycles. The lowest BCUT2D eigenvalue weighted by Gasteiger charge is -2.23. The Kier molecular flexibility index (Phi) is 1.87. The molecule has 0 N–H and O–H groups in total. The Morgan fingerprint density at radius 1 is 1.25 bits per heavy atom. The summed E-state index contributed by atoms with van der Waals surface area (Å²) in [5.41, 5.74) is 1.62. The SMILES string of the molecule is CN1CCn2c(nc3ccccc32)S1(=O)=O. The highest BCUT2D eigenvalue weighted by Gasteiger charge is 2.31. The van der Waals surface area contributed by atoms with Crippen LogP contribution < -0.4 is 0 Å². The molecule has 84 valence electrons. The fourth-order valence-corrected chi connectivity index (χ4v) is 3.25. The number of sulfonamides is 1. The Morgan fingerprint density at radius 3 is 2.81 bits per heavy atom. The van der Waals surface area contributed by atoms with E-state index in [0.717, 1.165) is 11.0 Å². The topological polar surface area (TPSA) is 55.2 Å². The standard InChI is InChI=1S/C10H11N3O2S/c1-12-6-7-13-9-5-3-2-4-8(9)11-10(13)16(12,14)15/h2-5H,6-7H2,1H3. The zero-order valence-electron chi connectivity index (χ0n) is 8.79. The number of nitrogens with zero attached hydrogens (tertiary/aromatic N) is 3. The summed E-state index contributed by atoms with van der Waals surface area (Å²) in [7, 11) is -1.82. The van der Waals surface area contributed by atoms with Gasteiger partial charge in [-0.25, -0.2) is 13.4 Å². The van der Waals surface area contributed by atoms with E-state index in [1.54, 1.807) is 11.6 Å². The summed E-state index contributed by atoms with van der Waals surface area (Å²) < 4.78 is 27.1. The van der Waals surface area contributed by atoms with Crippen molar-refractivity contribution in [2.75, 3.05) is 13.6 Å². The summed E-state index contributed by atoms with van der Waals surface area (Å²) in [6.45, 7) is 1.15. The second-order valence-electron chi connectivity index (χ2n) is 3.86. The summed E-state index contributed by atoms with van der Waals surface area (Å²) in [5.74, 6) is 0. The molecule has 6 heteroatoms. The summed E-state index contributed by atoms with van der Waals surface area (Å²) >= 11 is 0. The number of hydrogen-bond acceptors (Lipinski definition) is 3. The van der Waals surface area contributed by atoms with Crippen molar-refractivity contribution in [3.05, 3.63) is 24.3 Å². The maximum absolute atomic E-state index is 12.0. The average Bonchev–Trinajstić information content (AvgIpc) is 2.64. The largest absolute Gasteiger partial charge is 0.312 e. The van der Waals surface area contributed by atoms with Crippen LogP contribution in [-0.4, -0.2) is 35.9 Å². The van der Waals surface area contributed by atoms with Gasteiger partial charge in [0.1, 0.15) is 0 Å². The van der Waals surface area contributed by atoms with Gasteiger partial charge < -0.3 is 4.57 Å². The first kappa shape index (κ1) is 9.80. The third-order valence-electron chi connectivity index (χ3n) is 2.90. The van der Waals surface area contributed by atoms with Crippen LogP contribution in [0.5, 0.6) is 0 Å². The Hall–Kier alpha value is -1.40. The zero-order valence-corrected chi connectivity index (χ0v) is 9.61. The van der Waals surface area contributed by atoms with E-state index in [4.69, 9.17) is 0 Å². The van der Waals surface area contributed by atoms with Gasteiger partial charge in [-0.15, -0.1) is 0 Å². The minimum Gasteiger partial charge on any atom is -0.312 e. The van der Waals surface area contributed by atoms with Crippen LogP contribution in [0.1, 0.15) is 0 Å². The van der Waals surface area contributed by atoms with Crippen molar-refractivity contribution in [2.24, 2.45) is 0 Å². The molecule has 0 unspecified atom stereocenters. The molecule has 0 spiro atoms. The molecule has 1 aromatic heterocycles. The predicted octanol–water partition coefficient (Wildman–Crippen LogP) is 0.670. The van der Waals surface area contributed by atoms with Crippen LogP contribution in [0.4, 0.5) is 0 Å². The number of imidazole rings is 1. The zero-order chi connectivity index (χ0) is 11.3. The maximum Gasteiger partial charge on any atom is 0.276 e. The molecular weight excluding hydrogens is 226 g/mol. The predicted molar refractivity (Wildman–Crippen MR) is 59.5 cm³/mol. The second kappa shape index (κ2) is 3.05. The van der Waals surface area contributed by atoms with Gasteiger partial charge in [-0.05, 0) is 12.1 Å². The van der Waals surface area contributed by atoms with E-state index in [-0.39, 0.29) is 5.16 Å². The lowest BCUT2D eigenvalue weighted by atomic mass is 10.3. The van der Waals surface area contributed by atoms with Crippen molar-refractivity contribution >= 4 is 21.1 Å². The van der Waals surface area contributed by atoms with E-state index < -0.39 is 10.0 Å². The molecule has 0 radical (unpaired) electrons. The third-order valence-corrected chi connectivity index (χ3v) is 4.68. The lowest BCUT2D eigenvalue weighted by molar-refractivity contribution is 0.400. The van der Waals surface area contributed by atoms with Gasteiger partial charge in [0.2, 0.25) is 5.16 Å². The smallest absolute Gasteiger partial charge is 0.276 e. The van der Waals surface area contributed by atoms with Crippen molar-refractivity contribution in [3.63, 3.8) is 0 Å². The molecule has 1 aliphatic rings. The molecule has 2 heterocycles. The van der Waals surface area contributed by atoms with Crippen LogP contribution in [0.2, 0.25) is 0 Å². The average molecular weight is 237 g/mol. The van der Waals surface area contributed by atoms with Gasteiger partial charge in [0.25, 0.3) is 10.0 Å². The highest BCUT2D eigenvalue weighted by Crippen LogP contribution is 2.24. The normalized spacial score (nSPS) is 19.8. The number of aromatic nitrogens is 2. The number of hydrogen-bond donors (Lipinski definition) is 0. The molecule has 0 saturated carbocycles. The maximum atomic E-state index is 12.0. The first-order chi connectivity index (χ1) is 7.60. The third kappa shape index (κ3) is 1.14. The number of para-hydroxylation sites is 2. The van der Waals surface area contributed by atoms with Crippen LogP contribution in [0.25, 0.3) is 11.0 Å². The van der Waals surface area contributed by atoms with Gasteiger partial charge in [-0.3, -0.25) is 0 Å². The fraction of sp³-hybridized carbons (Fsp3) is 0.300. The Morgan fingerprint density at radius 2 is 2.00 bits per heavy atom. The van der Waals surface area contributed by atoms with Crippen molar-refractivity contribution in [1.82, 2.24) is 13.9 Å². The van der Waals surface area contributed by atoms with Crippen molar-refractivity contribution in [3.8, 4) is 0 Å². The molecule has 0 bridgehead atoms. The van der Waals surface area contributed by atoms with Gasteiger partial charge in [-0.1, -0.05) is 12.1 Å². The van der Waals surface area contributed by atoms with Crippen molar-refractivity contribution in [1.29, 1.82) is 0 Å². The van der Waals surface area contributed by atoms with E-state index in [2.05, 4.69) is 4.98 Å². The van der Waals surface area contributed by atoms with E-state index in [9.17, 15) is 8.42 Å². The summed E-state index contributed by atoms with van der Waals surface area (Å²) in [5, 5.41) is 0.155. The summed E-state index contributed by atoms with van der Waals surface area (Å²) in [4.78, 5) is 4.19. The van der Waals surface area contributed by atoms with Gasteiger partial charge in [0.15, 0.2) is 0 Å². The van der Waals surface area contributed by atoms with Gasteiger partial charge in [0.05, 0.1) is 11.0 Å². The molecular formula is C10H11N3O2S. The van der Waals surface area contributed by atoms with Crippen LogP contribution in [-0.2, 0) is 16.6 Å². The van der Waals surface area contributed by atoms with Crippen LogP contribution in [0.15, 0.2) is 29.4 Å². The molecule has 0 fully saturated rings. The Balaban J connectivity index is 2.40. The minimum absolute atomic E-state index is 0.155. The number of fused-ring (bicyclic) bond motifs is 3. The van der Waals surface area contributed by atoms with E-state index in [1.807, 2.05) is 24.3 Å². The van der Waals surface area contributed by atoms with Crippen molar-refractivity contribution < 1.29 is 8.42 Å². The highest BCUT2D eigenvalue weighted by molar-refractivity contribution is 7.89. The number of likely N-dealkylation sites (N-methyl/N-ethyl adjacent to an activating group) is 1. The Bertz CT molecular complexity index is 660. The van der Waals surface area contributed by atoms with Crippen LogP contribution in [0.3, 0.4) is 0 Å². The van der Waals surface area contributed by atoms with Gasteiger partial charge >= 0.3 is 0 Å². The number of benzene rings is 1. The van der Waals surface area contributed by atoms with Gasteiger partial charge in [0, 0.05) is 20.1 Å². The van der Waals surface area contributed by atoms with Crippen LogP contribution >= 0.6 is 0 Å². The first-order valence-corrected chi connectivity index (χ1v) is 6.46. The first-order valence-electron chi connectivity index (χ1n) is 5.02. The minimum atomic E-state index is -3.40. The lowest BCUT2D eigenvalue weighted by Crippen LogP contribution is -2.37. The molecule has 5 nitrogen and oxygen atoms in total. The molecule has 16 heavy (non-hydrogen) atoms. The van der Waals surface area contributed by atoms with Crippen molar-refractivity contribution in [2.45, 2.75) is 11.7 Å². The van der Waals surface area contributed by atoms with Crippen LogP contribution in [0, 0.1) is 0 Å². The van der Waals surface area contributed by atoms with Gasteiger partial charge in [-0.2, -0.15) is 4.31 Å². The molecule has 1 aromatic carbocycles. The monoisotopic (exact) mass is 237 g/mol. The molecule has 0 amide bonds. The molecule has 0 saturated heterocycles. The number of rotatable bonds is 0. The summed E-state index contributed by atoms with van der Waals surface area (Å²) in [6, 6.07) is 7.47. The highest BCUT2D eigenvalue weighted by atomic mass is 32.2.